The zero-order valence-electron chi connectivity index (χ0n) is 9.78. The Balaban J connectivity index is 2.92. The standard InChI is InChI=1S/C12H24O3/c1-2-3-4-5-6-7-9-14-11-12-15-10-8-13/h4-5,13H,2-3,6-12H2,1H3. The SMILES string of the molecule is CCCC=CCCCOCCOCCO. The van der Waals surface area contributed by atoms with Crippen molar-refractivity contribution in [3.63, 3.8) is 0 Å². The Labute approximate surface area is 93.1 Å². The first-order valence-electron chi connectivity index (χ1n) is 5.83. The zero-order chi connectivity index (χ0) is 11.2. The molecule has 0 radical (unpaired) electrons. The summed E-state index contributed by atoms with van der Waals surface area (Å²) >= 11 is 0. The predicted octanol–water partition coefficient (Wildman–Crippen LogP) is 2.15. The highest BCUT2D eigenvalue weighted by Crippen LogP contribution is 1.95. The topological polar surface area (TPSA) is 38.7 Å². The van der Waals surface area contributed by atoms with Gasteiger partial charge in [-0.3, -0.25) is 0 Å². The molecular weight excluding hydrogens is 192 g/mol. The largest absolute Gasteiger partial charge is 0.394 e. The average Bonchev–Trinajstić information content (AvgIpc) is 2.26. The van der Waals surface area contributed by atoms with Crippen LogP contribution in [0.15, 0.2) is 12.2 Å². The summed E-state index contributed by atoms with van der Waals surface area (Å²) in [5.74, 6) is 0. The molecular formula is C12H24O3. The normalized spacial score (nSPS) is 11.3. The fraction of sp³-hybridized carbons (Fsp3) is 0.833. The van der Waals surface area contributed by atoms with Crippen LogP contribution in [-0.2, 0) is 9.47 Å². The minimum absolute atomic E-state index is 0.0855. The molecule has 0 fully saturated rings. The molecule has 0 atom stereocenters. The van der Waals surface area contributed by atoms with Gasteiger partial charge in [0.15, 0.2) is 0 Å². The lowest BCUT2D eigenvalue weighted by atomic mass is 10.2. The van der Waals surface area contributed by atoms with Gasteiger partial charge in [-0.15, -0.1) is 0 Å². The van der Waals surface area contributed by atoms with Gasteiger partial charge in [-0.05, 0) is 19.3 Å². The maximum absolute atomic E-state index is 8.44. The molecule has 0 bridgehead atoms. The first kappa shape index (κ1) is 14.6. The highest BCUT2D eigenvalue weighted by atomic mass is 16.5. The molecule has 3 nitrogen and oxygen atoms in total. The Kier molecular flexibility index (Phi) is 13.3. The van der Waals surface area contributed by atoms with Crippen LogP contribution < -0.4 is 0 Å². The third-order valence-corrected chi connectivity index (χ3v) is 1.89. The predicted molar refractivity (Wildman–Crippen MR) is 62.0 cm³/mol. The van der Waals surface area contributed by atoms with Crippen LogP contribution in [-0.4, -0.2) is 38.1 Å². The van der Waals surface area contributed by atoms with E-state index in [9.17, 15) is 0 Å². The molecule has 0 amide bonds. The molecule has 0 unspecified atom stereocenters. The van der Waals surface area contributed by atoms with Crippen molar-refractivity contribution in [3.8, 4) is 0 Å². The molecule has 0 aromatic rings. The average molecular weight is 216 g/mol. The lowest BCUT2D eigenvalue weighted by Gasteiger charge is -2.03. The van der Waals surface area contributed by atoms with E-state index in [-0.39, 0.29) is 6.61 Å². The molecule has 0 spiro atoms. The van der Waals surface area contributed by atoms with Gasteiger partial charge in [-0.25, -0.2) is 0 Å². The third kappa shape index (κ3) is 13.6. The quantitative estimate of drug-likeness (QED) is 0.425. The molecule has 0 aliphatic carbocycles. The smallest absolute Gasteiger partial charge is 0.0701 e. The number of hydrogen-bond acceptors (Lipinski definition) is 3. The van der Waals surface area contributed by atoms with E-state index >= 15 is 0 Å². The van der Waals surface area contributed by atoms with Gasteiger partial charge in [0.05, 0.1) is 26.4 Å². The summed E-state index contributed by atoms with van der Waals surface area (Å²) in [6.45, 7) is 4.66. The van der Waals surface area contributed by atoms with E-state index in [1.807, 2.05) is 0 Å². The van der Waals surface area contributed by atoms with Crippen LogP contribution in [0.5, 0.6) is 0 Å². The fourth-order valence-electron chi connectivity index (χ4n) is 1.09. The lowest BCUT2D eigenvalue weighted by molar-refractivity contribution is 0.0327. The van der Waals surface area contributed by atoms with E-state index in [1.165, 1.54) is 12.8 Å². The molecule has 0 aromatic heterocycles. The van der Waals surface area contributed by atoms with Gasteiger partial charge in [0.2, 0.25) is 0 Å². The second kappa shape index (κ2) is 13.6. The number of ether oxygens (including phenoxy) is 2. The van der Waals surface area contributed by atoms with Crippen molar-refractivity contribution in [1.82, 2.24) is 0 Å². The summed E-state index contributed by atoms with van der Waals surface area (Å²) in [5, 5.41) is 8.44. The lowest BCUT2D eigenvalue weighted by Crippen LogP contribution is -2.07. The molecule has 0 aromatic carbocycles. The monoisotopic (exact) mass is 216 g/mol. The third-order valence-electron chi connectivity index (χ3n) is 1.89. The first-order chi connectivity index (χ1) is 7.41. The van der Waals surface area contributed by atoms with Gasteiger partial charge in [-0.1, -0.05) is 25.5 Å². The Morgan fingerprint density at radius 3 is 2.27 bits per heavy atom. The van der Waals surface area contributed by atoms with Crippen molar-refractivity contribution in [1.29, 1.82) is 0 Å². The highest BCUT2D eigenvalue weighted by Gasteiger charge is 1.88. The van der Waals surface area contributed by atoms with Gasteiger partial charge >= 0.3 is 0 Å². The van der Waals surface area contributed by atoms with Crippen molar-refractivity contribution in [2.45, 2.75) is 32.6 Å². The second-order valence-electron chi connectivity index (χ2n) is 3.35. The Bertz CT molecular complexity index is 135. The minimum Gasteiger partial charge on any atom is -0.394 e. The molecule has 3 heteroatoms. The molecule has 90 valence electrons. The highest BCUT2D eigenvalue weighted by molar-refractivity contribution is 4.80. The van der Waals surface area contributed by atoms with E-state index in [0.717, 1.165) is 19.4 Å². The van der Waals surface area contributed by atoms with Crippen LogP contribution >= 0.6 is 0 Å². The number of rotatable bonds is 11. The van der Waals surface area contributed by atoms with Crippen LogP contribution in [0.2, 0.25) is 0 Å². The number of unbranched alkanes of at least 4 members (excludes halogenated alkanes) is 2. The van der Waals surface area contributed by atoms with E-state index in [0.29, 0.717) is 19.8 Å². The van der Waals surface area contributed by atoms with E-state index in [4.69, 9.17) is 14.6 Å². The second-order valence-corrected chi connectivity index (χ2v) is 3.35. The van der Waals surface area contributed by atoms with E-state index < -0.39 is 0 Å². The van der Waals surface area contributed by atoms with E-state index in [2.05, 4.69) is 19.1 Å². The number of aliphatic hydroxyl groups excluding tert-OH is 1. The van der Waals surface area contributed by atoms with Crippen molar-refractivity contribution < 1.29 is 14.6 Å². The number of aliphatic hydroxyl groups is 1. The molecule has 0 aliphatic heterocycles. The van der Waals surface area contributed by atoms with Crippen LogP contribution in [0.25, 0.3) is 0 Å². The molecule has 0 rings (SSSR count). The van der Waals surface area contributed by atoms with Gasteiger partial charge in [0.1, 0.15) is 0 Å². The number of hydrogen-bond donors (Lipinski definition) is 1. The van der Waals surface area contributed by atoms with Gasteiger partial charge < -0.3 is 14.6 Å². The Morgan fingerprint density at radius 1 is 0.933 bits per heavy atom. The Morgan fingerprint density at radius 2 is 1.60 bits per heavy atom. The van der Waals surface area contributed by atoms with Gasteiger partial charge in [0.25, 0.3) is 0 Å². The molecule has 15 heavy (non-hydrogen) atoms. The van der Waals surface area contributed by atoms with Crippen LogP contribution in [0.4, 0.5) is 0 Å². The minimum atomic E-state index is 0.0855. The summed E-state index contributed by atoms with van der Waals surface area (Å²) < 4.78 is 10.4. The summed E-state index contributed by atoms with van der Waals surface area (Å²) in [4.78, 5) is 0. The Hall–Kier alpha value is -0.380. The van der Waals surface area contributed by atoms with Gasteiger partial charge in [-0.2, -0.15) is 0 Å². The van der Waals surface area contributed by atoms with Crippen molar-refractivity contribution in [2.75, 3.05) is 33.0 Å². The summed E-state index contributed by atoms with van der Waals surface area (Å²) in [6, 6.07) is 0. The van der Waals surface area contributed by atoms with Crippen molar-refractivity contribution in [3.05, 3.63) is 12.2 Å². The maximum atomic E-state index is 8.44. The zero-order valence-corrected chi connectivity index (χ0v) is 9.78. The maximum Gasteiger partial charge on any atom is 0.0701 e. The van der Waals surface area contributed by atoms with E-state index in [1.54, 1.807) is 0 Å². The molecule has 1 N–H and O–H groups in total. The van der Waals surface area contributed by atoms with Crippen LogP contribution in [0, 0.1) is 0 Å². The molecule has 0 aliphatic rings. The first-order valence-corrected chi connectivity index (χ1v) is 5.83. The number of allylic oxidation sites excluding steroid dienone is 2. The van der Waals surface area contributed by atoms with Crippen LogP contribution in [0.1, 0.15) is 32.6 Å². The summed E-state index contributed by atoms with van der Waals surface area (Å²) in [7, 11) is 0. The molecule has 0 heterocycles. The molecule has 0 saturated carbocycles. The van der Waals surface area contributed by atoms with Crippen molar-refractivity contribution in [2.24, 2.45) is 0 Å². The molecule has 0 saturated heterocycles. The van der Waals surface area contributed by atoms with Gasteiger partial charge in [0, 0.05) is 6.61 Å². The summed E-state index contributed by atoms with van der Waals surface area (Å²) in [6.07, 6.45) is 9.00. The van der Waals surface area contributed by atoms with Crippen molar-refractivity contribution >= 4 is 0 Å². The fourth-order valence-corrected chi connectivity index (χ4v) is 1.09. The summed E-state index contributed by atoms with van der Waals surface area (Å²) in [5.41, 5.74) is 0. The van der Waals surface area contributed by atoms with Crippen LogP contribution in [0.3, 0.4) is 0 Å².